The average Bonchev–Trinajstić information content (AvgIpc) is 3.29. The number of hydrogen-bond donors (Lipinski definition) is 0. The van der Waals surface area contributed by atoms with E-state index in [2.05, 4.69) is 198 Å². The van der Waals surface area contributed by atoms with Crippen LogP contribution in [-0.2, 0) is 0 Å². The highest BCUT2D eigenvalue weighted by Gasteiger charge is 2.22. The molecule has 0 heterocycles. The maximum absolute atomic E-state index is 6.22. The Balaban J connectivity index is 0.919. The van der Waals surface area contributed by atoms with Crippen molar-refractivity contribution in [3.05, 3.63) is 247 Å². The number of allylic oxidation sites excluding steroid dienone is 8. The molecule has 6 aromatic carbocycles. The van der Waals surface area contributed by atoms with Crippen LogP contribution >= 0.6 is 0 Å². The van der Waals surface area contributed by atoms with Crippen LogP contribution in [0.15, 0.2) is 236 Å². The van der Waals surface area contributed by atoms with Gasteiger partial charge in [0.25, 0.3) is 0 Å². The van der Waals surface area contributed by atoms with E-state index in [0.717, 1.165) is 48.5 Å². The molecule has 278 valence electrons. The van der Waals surface area contributed by atoms with Crippen LogP contribution in [0.4, 0.5) is 17.1 Å². The van der Waals surface area contributed by atoms with E-state index < -0.39 is 0 Å². The molecule has 0 amide bonds. The fourth-order valence-electron chi connectivity index (χ4n) is 8.08. The van der Waals surface area contributed by atoms with E-state index >= 15 is 0 Å². The Morgan fingerprint density at radius 1 is 0.456 bits per heavy atom. The first-order chi connectivity index (χ1) is 28.2. The predicted molar refractivity (Wildman–Crippen MR) is 238 cm³/mol. The number of ether oxygens (including phenoxy) is 1. The van der Waals surface area contributed by atoms with Crippen LogP contribution in [0, 0.1) is 0 Å². The lowest BCUT2D eigenvalue weighted by molar-refractivity contribution is 0.251. The summed E-state index contributed by atoms with van der Waals surface area (Å²) in [6, 6.07) is 60.2. The van der Waals surface area contributed by atoms with Gasteiger partial charge in [0, 0.05) is 46.5 Å². The third kappa shape index (κ3) is 8.24. The zero-order valence-corrected chi connectivity index (χ0v) is 32.1. The quantitative estimate of drug-likeness (QED) is 0.132. The van der Waals surface area contributed by atoms with Crippen LogP contribution < -0.4 is 14.5 Å². The summed E-state index contributed by atoms with van der Waals surface area (Å²) in [6.45, 7) is 0. The number of anilines is 3. The SMILES string of the molecule is C1=CC(c2cccc(-c3ccc(N(C4=CCC(Oc5ccccc5)C=C4)c4ccccc4)cc3)c2)CC=C1N(C1=CC=C(c2ccccc2)CC1)c1ccccc1. The van der Waals surface area contributed by atoms with Gasteiger partial charge in [0.2, 0.25) is 0 Å². The standard InChI is InChI=1S/C54H46N2O/c1-5-14-41(15-6-1)42-24-30-49(31-25-42)55(47-18-7-2-8-19-47)50-32-26-43(27-33-50)45-16-13-17-46(40-45)44-28-34-51(35-29-44)56(48-20-9-3-10-21-48)52-36-38-54(39-37-52)57-53-22-11-4-12-23-53/h1-24,26,28-30,32-38,40,43,54H,25,27,31,39H2. The minimum atomic E-state index is 0.00715. The molecule has 3 aliphatic rings. The van der Waals surface area contributed by atoms with Crippen molar-refractivity contribution in [3.63, 3.8) is 0 Å². The van der Waals surface area contributed by atoms with Crippen molar-refractivity contribution < 1.29 is 4.74 Å². The van der Waals surface area contributed by atoms with Crippen LogP contribution in [-0.4, -0.2) is 6.10 Å². The number of para-hydroxylation sites is 3. The summed E-state index contributed by atoms with van der Waals surface area (Å²) >= 11 is 0. The van der Waals surface area contributed by atoms with E-state index in [0.29, 0.717) is 5.92 Å². The van der Waals surface area contributed by atoms with Crippen LogP contribution in [0.2, 0.25) is 0 Å². The van der Waals surface area contributed by atoms with Gasteiger partial charge < -0.3 is 14.5 Å². The Hall–Kier alpha value is -6.84. The van der Waals surface area contributed by atoms with Gasteiger partial charge >= 0.3 is 0 Å². The Labute approximate surface area is 337 Å². The van der Waals surface area contributed by atoms with Crippen molar-refractivity contribution >= 4 is 22.6 Å². The zero-order valence-electron chi connectivity index (χ0n) is 32.1. The maximum Gasteiger partial charge on any atom is 0.121 e. The summed E-state index contributed by atoms with van der Waals surface area (Å²) < 4.78 is 6.22. The van der Waals surface area contributed by atoms with Gasteiger partial charge in [-0.1, -0.05) is 146 Å². The molecule has 0 aromatic heterocycles. The highest BCUT2D eigenvalue weighted by molar-refractivity contribution is 5.75. The van der Waals surface area contributed by atoms with E-state index in [1.165, 1.54) is 44.9 Å². The molecular formula is C54H46N2O. The Morgan fingerprint density at radius 3 is 1.68 bits per heavy atom. The first-order valence-corrected chi connectivity index (χ1v) is 20.1. The molecule has 3 heteroatoms. The largest absolute Gasteiger partial charge is 0.486 e. The molecule has 0 radical (unpaired) electrons. The predicted octanol–water partition coefficient (Wildman–Crippen LogP) is 14.0. The summed E-state index contributed by atoms with van der Waals surface area (Å²) in [5, 5.41) is 0. The first kappa shape index (κ1) is 35.8. The minimum Gasteiger partial charge on any atom is -0.486 e. The molecule has 0 saturated carbocycles. The Bertz CT molecular complexity index is 2480. The van der Waals surface area contributed by atoms with Crippen LogP contribution in [0.5, 0.6) is 5.75 Å². The van der Waals surface area contributed by atoms with Gasteiger partial charge in [-0.2, -0.15) is 0 Å². The molecule has 57 heavy (non-hydrogen) atoms. The van der Waals surface area contributed by atoms with E-state index in [-0.39, 0.29) is 6.10 Å². The van der Waals surface area contributed by atoms with Crippen molar-refractivity contribution in [1.82, 2.24) is 0 Å². The Kier molecular flexibility index (Phi) is 10.6. The molecule has 3 nitrogen and oxygen atoms in total. The lowest BCUT2D eigenvalue weighted by atomic mass is 9.89. The lowest BCUT2D eigenvalue weighted by Gasteiger charge is -2.32. The summed E-state index contributed by atoms with van der Waals surface area (Å²) in [5.74, 6) is 1.20. The van der Waals surface area contributed by atoms with Gasteiger partial charge in [0.05, 0.1) is 0 Å². The second-order valence-electron chi connectivity index (χ2n) is 14.8. The van der Waals surface area contributed by atoms with Gasteiger partial charge in [-0.25, -0.2) is 0 Å². The highest BCUT2D eigenvalue weighted by atomic mass is 16.5. The fourth-order valence-corrected chi connectivity index (χ4v) is 8.08. The van der Waals surface area contributed by atoms with E-state index in [4.69, 9.17) is 4.74 Å². The molecule has 0 fully saturated rings. The second-order valence-corrected chi connectivity index (χ2v) is 14.8. The molecule has 2 unspecified atom stereocenters. The van der Waals surface area contributed by atoms with Gasteiger partial charge in [0.15, 0.2) is 0 Å². The molecule has 0 N–H and O–H groups in total. The van der Waals surface area contributed by atoms with Gasteiger partial charge in [-0.3, -0.25) is 0 Å². The van der Waals surface area contributed by atoms with Gasteiger partial charge in [-0.05, 0) is 120 Å². The number of hydrogen-bond acceptors (Lipinski definition) is 3. The Morgan fingerprint density at radius 2 is 1.05 bits per heavy atom. The summed E-state index contributed by atoms with van der Waals surface area (Å²) in [6.07, 6.45) is 22.1. The third-order valence-corrected chi connectivity index (χ3v) is 11.0. The zero-order chi connectivity index (χ0) is 38.2. The number of nitrogens with zero attached hydrogens (tertiary/aromatic N) is 2. The lowest BCUT2D eigenvalue weighted by Crippen LogP contribution is -2.23. The third-order valence-electron chi connectivity index (χ3n) is 11.0. The molecule has 0 aliphatic heterocycles. The molecule has 9 rings (SSSR count). The van der Waals surface area contributed by atoms with Crippen molar-refractivity contribution in [1.29, 1.82) is 0 Å². The van der Waals surface area contributed by atoms with E-state index in [1.54, 1.807) is 0 Å². The fraction of sp³-hybridized carbons (Fsp3) is 0.111. The second kappa shape index (κ2) is 16.9. The number of benzene rings is 6. The minimum absolute atomic E-state index is 0.00715. The van der Waals surface area contributed by atoms with Crippen LogP contribution in [0.3, 0.4) is 0 Å². The van der Waals surface area contributed by atoms with Crippen molar-refractivity contribution in [2.75, 3.05) is 9.80 Å². The van der Waals surface area contributed by atoms with Crippen molar-refractivity contribution in [2.45, 2.75) is 37.7 Å². The van der Waals surface area contributed by atoms with Crippen LogP contribution in [0.1, 0.15) is 42.7 Å². The van der Waals surface area contributed by atoms with Crippen molar-refractivity contribution in [2.24, 2.45) is 0 Å². The smallest absolute Gasteiger partial charge is 0.121 e. The monoisotopic (exact) mass is 738 g/mol. The van der Waals surface area contributed by atoms with Gasteiger partial charge in [0.1, 0.15) is 11.9 Å². The molecular weight excluding hydrogens is 693 g/mol. The van der Waals surface area contributed by atoms with Crippen molar-refractivity contribution in [3.8, 4) is 16.9 Å². The van der Waals surface area contributed by atoms with Gasteiger partial charge in [-0.15, -0.1) is 0 Å². The van der Waals surface area contributed by atoms with E-state index in [9.17, 15) is 0 Å². The average molecular weight is 739 g/mol. The summed E-state index contributed by atoms with van der Waals surface area (Å²) in [5.41, 5.74) is 13.6. The molecule has 0 saturated heterocycles. The summed E-state index contributed by atoms with van der Waals surface area (Å²) in [4.78, 5) is 4.77. The summed E-state index contributed by atoms with van der Waals surface area (Å²) in [7, 11) is 0. The molecule has 2 atom stereocenters. The maximum atomic E-state index is 6.22. The topological polar surface area (TPSA) is 15.7 Å². The molecule has 3 aliphatic carbocycles. The molecule has 0 bridgehead atoms. The number of rotatable bonds is 11. The van der Waals surface area contributed by atoms with E-state index in [1.807, 2.05) is 30.3 Å². The van der Waals surface area contributed by atoms with Crippen LogP contribution in [0.25, 0.3) is 16.7 Å². The highest BCUT2D eigenvalue weighted by Crippen LogP contribution is 2.38. The normalized spacial score (nSPS) is 17.5. The first-order valence-electron chi connectivity index (χ1n) is 20.1. The molecule has 6 aromatic rings. The molecule has 0 spiro atoms.